The number of hydrogen-bond donors (Lipinski definition) is 0. The number of ketones is 1. The predicted octanol–water partition coefficient (Wildman–Crippen LogP) is 1.48. The molecule has 1 fully saturated rings. The predicted molar refractivity (Wildman–Crippen MR) is 91.9 cm³/mol. The molecule has 1 heterocycles. The largest absolute Gasteiger partial charge is 0.497 e. The van der Waals surface area contributed by atoms with Crippen LogP contribution >= 0.6 is 0 Å². The zero-order valence-corrected chi connectivity index (χ0v) is 15.1. The lowest BCUT2D eigenvalue weighted by atomic mass is 10.1. The molecule has 0 unspecified atom stereocenters. The fourth-order valence-electron chi connectivity index (χ4n) is 2.57. The maximum atomic E-state index is 12.3. The zero-order chi connectivity index (χ0) is 19.3. The first-order valence-corrected chi connectivity index (χ1v) is 8.26. The Balaban J connectivity index is 1.78. The maximum absolute atomic E-state index is 12.3. The van der Waals surface area contributed by atoms with Gasteiger partial charge in [-0.25, -0.2) is 4.79 Å². The van der Waals surface area contributed by atoms with Gasteiger partial charge in [0.05, 0.1) is 7.11 Å². The molecule has 26 heavy (non-hydrogen) atoms. The second-order valence-corrected chi connectivity index (χ2v) is 6.01. The Morgan fingerprint density at radius 1 is 1.19 bits per heavy atom. The molecule has 0 aliphatic carbocycles. The van der Waals surface area contributed by atoms with Gasteiger partial charge in [0, 0.05) is 25.6 Å². The topological polar surface area (TPSA) is 93.2 Å². The summed E-state index contributed by atoms with van der Waals surface area (Å²) < 4.78 is 10.2. The Hall–Kier alpha value is -2.90. The van der Waals surface area contributed by atoms with Crippen molar-refractivity contribution in [1.29, 1.82) is 0 Å². The van der Waals surface area contributed by atoms with Crippen molar-refractivity contribution < 1.29 is 28.7 Å². The van der Waals surface area contributed by atoms with Gasteiger partial charge in [-0.1, -0.05) is 0 Å². The molecule has 8 heteroatoms. The van der Waals surface area contributed by atoms with Crippen LogP contribution in [0.1, 0.15) is 30.1 Å². The van der Waals surface area contributed by atoms with Gasteiger partial charge < -0.3 is 14.4 Å². The Morgan fingerprint density at radius 2 is 1.85 bits per heavy atom. The highest BCUT2D eigenvalue weighted by atomic mass is 16.5. The number of Topliss-reactive ketones (excluding diaryl/α,β-unsaturated/α-hetero) is 1. The van der Waals surface area contributed by atoms with Crippen LogP contribution in [0.5, 0.6) is 5.75 Å². The van der Waals surface area contributed by atoms with E-state index in [4.69, 9.17) is 9.47 Å². The van der Waals surface area contributed by atoms with Crippen LogP contribution in [0.2, 0.25) is 0 Å². The van der Waals surface area contributed by atoms with Crippen molar-refractivity contribution in [1.82, 2.24) is 9.80 Å². The van der Waals surface area contributed by atoms with Gasteiger partial charge in [0.15, 0.2) is 6.10 Å². The summed E-state index contributed by atoms with van der Waals surface area (Å²) >= 11 is 0. The average Bonchev–Trinajstić information content (AvgIpc) is 2.87. The number of ether oxygens (including phenoxy) is 2. The number of benzene rings is 1. The fraction of sp³-hybridized carbons (Fsp3) is 0.444. The molecule has 0 spiro atoms. The molecule has 1 aliphatic heterocycles. The van der Waals surface area contributed by atoms with Gasteiger partial charge in [0.1, 0.15) is 12.3 Å². The molecule has 0 N–H and O–H groups in total. The van der Waals surface area contributed by atoms with Gasteiger partial charge in [0.25, 0.3) is 0 Å². The third-order valence-corrected chi connectivity index (χ3v) is 4.05. The van der Waals surface area contributed by atoms with Crippen molar-refractivity contribution in [3.05, 3.63) is 29.8 Å². The lowest BCUT2D eigenvalue weighted by Gasteiger charge is -2.15. The van der Waals surface area contributed by atoms with Gasteiger partial charge in [-0.05, 0) is 37.6 Å². The minimum absolute atomic E-state index is 0.0149. The number of carbonyl (C=O) groups is 4. The fourth-order valence-corrected chi connectivity index (χ4v) is 2.57. The maximum Gasteiger partial charge on any atom is 0.326 e. The summed E-state index contributed by atoms with van der Waals surface area (Å²) in [5.74, 6) is -0.517. The molecular formula is C18H22N2O6. The number of urea groups is 1. The van der Waals surface area contributed by atoms with E-state index in [2.05, 4.69) is 0 Å². The van der Waals surface area contributed by atoms with E-state index >= 15 is 0 Å². The van der Waals surface area contributed by atoms with Gasteiger partial charge in [-0.15, -0.1) is 0 Å². The van der Waals surface area contributed by atoms with Crippen LogP contribution in [0.4, 0.5) is 4.79 Å². The first-order valence-electron chi connectivity index (χ1n) is 8.26. The number of hydrogen-bond acceptors (Lipinski definition) is 6. The van der Waals surface area contributed by atoms with Gasteiger partial charge in [-0.3, -0.25) is 19.3 Å². The summed E-state index contributed by atoms with van der Waals surface area (Å²) in [5, 5.41) is 0. The number of rotatable bonds is 8. The molecule has 1 atom stereocenters. The first-order chi connectivity index (χ1) is 12.3. The molecule has 1 saturated heterocycles. The van der Waals surface area contributed by atoms with Crippen LogP contribution in [0.15, 0.2) is 24.3 Å². The summed E-state index contributed by atoms with van der Waals surface area (Å²) in [6.45, 7) is 1.71. The summed E-state index contributed by atoms with van der Waals surface area (Å²) in [6.07, 6.45) is -0.619. The summed E-state index contributed by atoms with van der Waals surface area (Å²) in [6, 6.07) is 6.15. The Kier molecular flexibility index (Phi) is 6.32. The number of likely N-dealkylation sites (N-methyl/N-ethyl adjacent to an activating group) is 1. The van der Waals surface area contributed by atoms with Crippen LogP contribution in [-0.4, -0.2) is 66.8 Å². The van der Waals surface area contributed by atoms with Crippen molar-refractivity contribution in [2.45, 2.75) is 25.9 Å². The molecule has 1 aromatic carbocycles. The molecule has 0 bridgehead atoms. The van der Waals surface area contributed by atoms with Crippen LogP contribution in [0, 0.1) is 0 Å². The number of carbonyl (C=O) groups excluding carboxylic acids is 4. The number of nitrogens with zero attached hydrogens (tertiary/aromatic N) is 2. The van der Waals surface area contributed by atoms with Gasteiger partial charge in [-0.2, -0.15) is 0 Å². The smallest absolute Gasteiger partial charge is 0.326 e. The minimum atomic E-state index is -0.919. The number of methoxy groups -OCH3 is 1. The average molecular weight is 362 g/mol. The second-order valence-electron chi connectivity index (χ2n) is 6.01. The lowest BCUT2D eigenvalue weighted by Crippen LogP contribution is -2.33. The van der Waals surface area contributed by atoms with Gasteiger partial charge in [0.2, 0.25) is 11.7 Å². The third kappa shape index (κ3) is 4.59. The highest BCUT2D eigenvalue weighted by Crippen LogP contribution is 2.14. The molecule has 1 aliphatic rings. The summed E-state index contributed by atoms with van der Waals surface area (Å²) in [4.78, 5) is 49.9. The van der Waals surface area contributed by atoms with Crippen molar-refractivity contribution >= 4 is 23.7 Å². The number of amides is 3. The second kappa shape index (κ2) is 8.46. The molecule has 0 saturated carbocycles. The van der Waals surface area contributed by atoms with E-state index in [1.807, 2.05) is 0 Å². The standard InChI is InChI=1S/C18H22N2O6/c1-12(17(23)13-6-8-14(25-3)9-7-13)26-16(22)5-4-10-20-15(21)11-19(2)18(20)24/h6-9,12H,4-5,10-11H2,1-3H3/t12-/m0/s1. The Morgan fingerprint density at radius 3 is 2.38 bits per heavy atom. The van der Waals surface area contributed by atoms with Crippen molar-refractivity contribution in [2.75, 3.05) is 27.2 Å². The Bertz CT molecular complexity index is 700. The minimum Gasteiger partial charge on any atom is -0.497 e. The molecule has 140 valence electrons. The van der Waals surface area contributed by atoms with Crippen molar-refractivity contribution in [2.24, 2.45) is 0 Å². The summed E-state index contributed by atoms with van der Waals surface area (Å²) in [7, 11) is 3.07. The van der Waals surface area contributed by atoms with E-state index < -0.39 is 12.1 Å². The van der Waals surface area contributed by atoms with E-state index in [0.29, 0.717) is 11.3 Å². The van der Waals surface area contributed by atoms with Crippen LogP contribution < -0.4 is 4.74 Å². The molecule has 1 aromatic rings. The van der Waals surface area contributed by atoms with Crippen molar-refractivity contribution in [3.8, 4) is 5.75 Å². The quantitative estimate of drug-likeness (QED) is 0.395. The van der Waals surface area contributed by atoms with Crippen molar-refractivity contribution in [3.63, 3.8) is 0 Å². The normalized spacial score (nSPS) is 15.2. The highest BCUT2D eigenvalue weighted by Gasteiger charge is 2.33. The first kappa shape index (κ1) is 19.4. The molecule has 2 rings (SSSR count). The highest BCUT2D eigenvalue weighted by molar-refractivity contribution is 6.02. The third-order valence-electron chi connectivity index (χ3n) is 4.05. The SMILES string of the molecule is COc1ccc(C(=O)[C@H](C)OC(=O)CCCN2C(=O)CN(C)C2=O)cc1. The molecule has 0 radical (unpaired) electrons. The molecule has 3 amide bonds. The van der Waals surface area contributed by atoms with Crippen LogP contribution in [0.3, 0.4) is 0 Å². The number of esters is 1. The molecule has 8 nitrogen and oxygen atoms in total. The van der Waals surface area contributed by atoms with E-state index in [0.717, 1.165) is 4.90 Å². The van der Waals surface area contributed by atoms with Crippen LogP contribution in [-0.2, 0) is 14.3 Å². The van der Waals surface area contributed by atoms with E-state index in [-0.39, 0.29) is 43.7 Å². The van der Waals surface area contributed by atoms with E-state index in [1.165, 1.54) is 18.9 Å². The zero-order valence-electron chi connectivity index (χ0n) is 15.1. The van der Waals surface area contributed by atoms with Crippen LogP contribution in [0.25, 0.3) is 0 Å². The van der Waals surface area contributed by atoms with E-state index in [9.17, 15) is 19.2 Å². The Labute approximate surface area is 151 Å². The molecule has 0 aromatic heterocycles. The molecular weight excluding hydrogens is 340 g/mol. The monoisotopic (exact) mass is 362 g/mol. The van der Waals surface area contributed by atoms with Gasteiger partial charge >= 0.3 is 12.0 Å². The number of imide groups is 1. The lowest BCUT2D eigenvalue weighted by molar-refractivity contribution is -0.146. The summed E-state index contributed by atoms with van der Waals surface area (Å²) in [5.41, 5.74) is 0.419. The van der Waals surface area contributed by atoms with E-state index in [1.54, 1.807) is 31.3 Å².